The molecular formula is C24H30N4O3S2. The molecule has 0 fully saturated rings. The van der Waals surface area contributed by atoms with Crippen LogP contribution in [0.15, 0.2) is 52.9 Å². The van der Waals surface area contributed by atoms with Crippen LogP contribution in [0.5, 0.6) is 0 Å². The molecule has 0 aliphatic rings. The minimum absolute atomic E-state index is 0.250. The fraction of sp³-hybridized carbons (Fsp3) is 0.333. The number of hydrogen-bond donors (Lipinski definition) is 1. The average molecular weight is 487 g/mol. The summed E-state index contributed by atoms with van der Waals surface area (Å²) in [5.41, 5.74) is 2.11. The largest absolute Gasteiger partial charge is 0.298 e. The lowest BCUT2D eigenvalue weighted by Crippen LogP contribution is -2.27. The first-order valence-electron chi connectivity index (χ1n) is 9.83. The highest BCUT2D eigenvalue weighted by Crippen LogP contribution is 2.13. The summed E-state index contributed by atoms with van der Waals surface area (Å²) in [5.74, 6) is 0. The molecule has 0 aliphatic heterocycles. The smallest absolute Gasteiger partial charge is 0.151 e. The molecule has 2 aromatic carbocycles. The van der Waals surface area contributed by atoms with Gasteiger partial charge >= 0.3 is 0 Å². The van der Waals surface area contributed by atoms with Crippen LogP contribution in [0.2, 0.25) is 0 Å². The van der Waals surface area contributed by atoms with E-state index in [2.05, 4.69) is 10.5 Å². The molecule has 0 unspecified atom stereocenters. The lowest BCUT2D eigenvalue weighted by Gasteiger charge is -2.12. The van der Waals surface area contributed by atoms with E-state index < -0.39 is 22.0 Å². The number of hydrogen-bond acceptors (Lipinski definition) is 5. The lowest BCUT2D eigenvalue weighted by atomic mass is 10.1. The molecule has 7 nitrogen and oxygen atoms in total. The third-order valence-electron chi connectivity index (χ3n) is 3.70. The summed E-state index contributed by atoms with van der Waals surface area (Å²) in [6, 6.07) is 17.8. The van der Waals surface area contributed by atoms with E-state index in [4.69, 9.17) is 15.7 Å². The number of nitrogens with zero attached hydrogens (tertiary/aromatic N) is 3. The van der Waals surface area contributed by atoms with Gasteiger partial charge in [0, 0.05) is 17.3 Å². The molecule has 176 valence electrons. The maximum absolute atomic E-state index is 11.7. The fourth-order valence-corrected chi connectivity index (χ4v) is 2.20. The maximum Gasteiger partial charge on any atom is 0.151 e. The van der Waals surface area contributed by atoms with E-state index in [1.807, 2.05) is 53.7 Å². The number of aldehydes is 1. The van der Waals surface area contributed by atoms with Crippen LogP contribution < -0.4 is 5.14 Å². The summed E-state index contributed by atoms with van der Waals surface area (Å²) in [6.45, 7) is 11.1. The van der Waals surface area contributed by atoms with Crippen LogP contribution in [0.1, 0.15) is 68.6 Å². The van der Waals surface area contributed by atoms with E-state index in [0.717, 1.165) is 0 Å². The first kappa shape index (κ1) is 30.0. The van der Waals surface area contributed by atoms with Crippen molar-refractivity contribution in [1.29, 1.82) is 10.5 Å². The van der Waals surface area contributed by atoms with Crippen LogP contribution in [0.25, 0.3) is 0 Å². The standard InChI is InChI=1S/C12H14N2OS.C8H5NO.C4H11NOS/c1-12(2,3)16(15)14-9-11-7-5-4-6-10(11)8-13;9-5-7-3-1-2-4-8(7)6-10;1-4(2,3)7(5)6/h4-7,9H,1-3H3;1-4,6H;5H2,1-3H3/t16-;;7-/m0.0/s1. The highest BCUT2D eigenvalue weighted by molar-refractivity contribution is 7.85. The van der Waals surface area contributed by atoms with Crippen LogP contribution >= 0.6 is 0 Å². The zero-order chi connectivity index (χ0) is 25.7. The summed E-state index contributed by atoms with van der Waals surface area (Å²) in [5, 5.41) is 22.3. The normalized spacial score (nSPS) is 12.6. The van der Waals surface area contributed by atoms with Gasteiger partial charge in [0.25, 0.3) is 0 Å². The molecule has 2 aromatic rings. The second kappa shape index (κ2) is 14.2. The average Bonchev–Trinajstić information content (AvgIpc) is 2.77. The maximum atomic E-state index is 11.7. The van der Waals surface area contributed by atoms with Gasteiger partial charge in [-0.3, -0.25) is 9.93 Å². The van der Waals surface area contributed by atoms with Gasteiger partial charge in [0.15, 0.2) is 6.29 Å². The van der Waals surface area contributed by atoms with Gasteiger partial charge in [-0.1, -0.05) is 36.4 Å². The van der Waals surface area contributed by atoms with E-state index in [-0.39, 0.29) is 9.49 Å². The molecule has 0 saturated carbocycles. The summed E-state index contributed by atoms with van der Waals surface area (Å²) in [4.78, 5) is 10.2. The van der Waals surface area contributed by atoms with Crippen LogP contribution in [0.3, 0.4) is 0 Å². The molecule has 2 rings (SSSR count). The zero-order valence-corrected chi connectivity index (χ0v) is 21.4. The van der Waals surface area contributed by atoms with E-state index in [0.29, 0.717) is 28.5 Å². The number of carbonyl (C=O) groups excluding carboxylic acids is 1. The van der Waals surface area contributed by atoms with Gasteiger partial charge in [0.1, 0.15) is 11.0 Å². The Morgan fingerprint density at radius 1 is 0.818 bits per heavy atom. The molecule has 2 atom stereocenters. The molecule has 0 radical (unpaired) electrons. The minimum Gasteiger partial charge on any atom is -0.298 e. The quantitative estimate of drug-likeness (QED) is 0.511. The van der Waals surface area contributed by atoms with Crippen molar-refractivity contribution < 1.29 is 13.2 Å². The predicted molar refractivity (Wildman–Crippen MR) is 135 cm³/mol. The van der Waals surface area contributed by atoms with Crippen molar-refractivity contribution in [3.8, 4) is 12.1 Å². The molecule has 0 amide bonds. The molecule has 0 spiro atoms. The molecular weight excluding hydrogens is 456 g/mol. The van der Waals surface area contributed by atoms with Gasteiger partial charge in [-0.25, -0.2) is 8.42 Å². The Morgan fingerprint density at radius 3 is 1.55 bits per heavy atom. The Kier molecular flexibility index (Phi) is 12.9. The molecule has 0 bridgehead atoms. The number of carbonyl (C=O) groups is 1. The molecule has 2 N–H and O–H groups in total. The molecule has 0 aliphatic carbocycles. The number of nitriles is 2. The van der Waals surface area contributed by atoms with E-state index in [1.54, 1.807) is 42.5 Å². The molecule has 0 heterocycles. The highest BCUT2D eigenvalue weighted by atomic mass is 32.2. The van der Waals surface area contributed by atoms with Gasteiger partial charge in [-0.2, -0.15) is 14.9 Å². The third-order valence-corrected chi connectivity index (χ3v) is 6.26. The SMILES string of the molecule is CC(C)(C)[S@@](N)=O.CC(C)(C)[S@](=O)N=Cc1ccccc1C#N.N#Cc1ccccc1C=O. The van der Waals surface area contributed by atoms with Crippen LogP contribution in [0, 0.1) is 22.7 Å². The Hall–Kier alpha value is -2.98. The van der Waals surface area contributed by atoms with Crippen LogP contribution in [0.4, 0.5) is 0 Å². The summed E-state index contributed by atoms with van der Waals surface area (Å²) < 4.78 is 25.4. The number of benzene rings is 2. The summed E-state index contributed by atoms with van der Waals surface area (Å²) in [6.07, 6.45) is 2.18. The second-order valence-electron chi connectivity index (χ2n) is 8.52. The van der Waals surface area contributed by atoms with Crippen LogP contribution in [-0.4, -0.2) is 30.4 Å². The third kappa shape index (κ3) is 12.0. The van der Waals surface area contributed by atoms with E-state index in [1.165, 1.54) is 6.21 Å². The van der Waals surface area contributed by atoms with Crippen molar-refractivity contribution >= 4 is 34.5 Å². The van der Waals surface area contributed by atoms with Gasteiger partial charge in [-0.05, 0) is 53.7 Å². The van der Waals surface area contributed by atoms with Crippen molar-refractivity contribution in [2.75, 3.05) is 0 Å². The Bertz CT molecular complexity index is 1090. The fourth-order valence-electron chi connectivity index (χ4n) is 1.68. The molecule has 0 aromatic heterocycles. The predicted octanol–water partition coefficient (Wildman–Crippen LogP) is 4.22. The first-order chi connectivity index (χ1) is 15.3. The molecule has 0 saturated heterocycles. The van der Waals surface area contributed by atoms with Gasteiger partial charge in [-0.15, -0.1) is 0 Å². The molecule has 9 heteroatoms. The van der Waals surface area contributed by atoms with Crippen molar-refractivity contribution in [2.24, 2.45) is 9.54 Å². The zero-order valence-electron chi connectivity index (χ0n) is 19.7. The van der Waals surface area contributed by atoms with Gasteiger partial charge < -0.3 is 0 Å². The topological polar surface area (TPSA) is 137 Å². The first-order valence-corrected chi connectivity index (χ1v) is 12.2. The highest BCUT2D eigenvalue weighted by Gasteiger charge is 2.18. The lowest BCUT2D eigenvalue weighted by molar-refractivity contribution is 0.112. The van der Waals surface area contributed by atoms with E-state index in [9.17, 15) is 13.2 Å². The van der Waals surface area contributed by atoms with Crippen molar-refractivity contribution in [2.45, 2.75) is 51.0 Å². The van der Waals surface area contributed by atoms with Crippen molar-refractivity contribution in [3.63, 3.8) is 0 Å². The van der Waals surface area contributed by atoms with Gasteiger partial charge in [0.05, 0.1) is 43.7 Å². The summed E-state index contributed by atoms with van der Waals surface area (Å²) in [7, 11) is -2.47. The monoisotopic (exact) mass is 486 g/mol. The Morgan fingerprint density at radius 2 is 1.21 bits per heavy atom. The minimum atomic E-state index is -1.29. The van der Waals surface area contributed by atoms with E-state index >= 15 is 0 Å². The van der Waals surface area contributed by atoms with Crippen LogP contribution in [-0.2, 0) is 22.0 Å². The summed E-state index contributed by atoms with van der Waals surface area (Å²) >= 11 is 0. The van der Waals surface area contributed by atoms with Gasteiger partial charge in [0.2, 0.25) is 0 Å². The Labute approximate surface area is 201 Å². The Balaban J connectivity index is 0.000000514. The second-order valence-corrected chi connectivity index (χ2v) is 12.3. The number of nitrogens with two attached hydrogens (primary N) is 1. The number of rotatable bonds is 3. The van der Waals surface area contributed by atoms with Crippen molar-refractivity contribution in [1.82, 2.24) is 0 Å². The van der Waals surface area contributed by atoms with Crippen molar-refractivity contribution in [3.05, 3.63) is 70.8 Å². The molecule has 33 heavy (non-hydrogen) atoms.